The van der Waals surface area contributed by atoms with E-state index in [0.717, 1.165) is 11.5 Å². The average molecular weight is 330 g/mol. The fourth-order valence-electron chi connectivity index (χ4n) is 3.47. The summed E-state index contributed by atoms with van der Waals surface area (Å²) in [5.74, 6) is 1.15. The summed E-state index contributed by atoms with van der Waals surface area (Å²) in [5, 5.41) is 9.28. The Bertz CT molecular complexity index is 568. The van der Waals surface area contributed by atoms with Crippen LogP contribution in [0, 0.1) is 5.92 Å². The standard InChI is InChI=1S/C21H30O3/c1-15(2)21(23)24-13-11-20-14-19(9-8-18(20)10-12-22)17-6-4-16(3)5-7-17/h8-9,14,16-17,22H,1,4-7,10-13H2,2-3H3. The van der Waals surface area contributed by atoms with Gasteiger partial charge in [-0.2, -0.15) is 0 Å². The van der Waals surface area contributed by atoms with Crippen LogP contribution in [0.2, 0.25) is 0 Å². The molecule has 24 heavy (non-hydrogen) atoms. The molecule has 1 fully saturated rings. The second-order valence-corrected chi connectivity index (χ2v) is 7.12. The molecule has 0 heterocycles. The molecule has 1 aromatic rings. The largest absolute Gasteiger partial charge is 0.462 e. The summed E-state index contributed by atoms with van der Waals surface area (Å²) in [4.78, 5) is 11.5. The molecule has 0 aromatic heterocycles. The molecule has 3 nitrogen and oxygen atoms in total. The van der Waals surface area contributed by atoms with Gasteiger partial charge in [-0.25, -0.2) is 4.79 Å². The Morgan fingerprint density at radius 3 is 2.54 bits per heavy atom. The van der Waals surface area contributed by atoms with E-state index in [0.29, 0.717) is 30.9 Å². The van der Waals surface area contributed by atoms with Crippen molar-refractivity contribution in [3.05, 3.63) is 47.0 Å². The first kappa shape index (κ1) is 18.7. The predicted octanol–water partition coefficient (Wildman–Crippen LogP) is 4.18. The van der Waals surface area contributed by atoms with Crippen molar-refractivity contribution in [2.75, 3.05) is 13.2 Å². The van der Waals surface area contributed by atoms with E-state index in [4.69, 9.17) is 4.74 Å². The van der Waals surface area contributed by atoms with Crippen LogP contribution in [0.4, 0.5) is 0 Å². The Labute approximate surface area is 145 Å². The number of aliphatic hydroxyl groups is 1. The third-order valence-electron chi connectivity index (χ3n) is 5.05. The van der Waals surface area contributed by atoms with Gasteiger partial charge in [0.1, 0.15) is 0 Å². The molecule has 1 aromatic carbocycles. The van der Waals surface area contributed by atoms with E-state index in [1.807, 2.05) is 0 Å². The summed E-state index contributed by atoms with van der Waals surface area (Å²) < 4.78 is 5.24. The fraction of sp³-hybridized carbons (Fsp3) is 0.571. The van der Waals surface area contributed by atoms with Crippen LogP contribution in [0.25, 0.3) is 0 Å². The molecular weight excluding hydrogens is 300 g/mol. The van der Waals surface area contributed by atoms with Crippen LogP contribution in [-0.4, -0.2) is 24.3 Å². The number of aliphatic hydroxyl groups excluding tert-OH is 1. The summed E-state index contributed by atoms with van der Waals surface area (Å²) in [6.45, 7) is 8.09. The minimum Gasteiger partial charge on any atom is -0.462 e. The summed E-state index contributed by atoms with van der Waals surface area (Å²) in [7, 11) is 0. The highest BCUT2D eigenvalue weighted by Gasteiger charge is 2.20. The Morgan fingerprint density at radius 2 is 1.92 bits per heavy atom. The molecule has 0 unspecified atom stereocenters. The highest BCUT2D eigenvalue weighted by Crippen LogP contribution is 2.36. The van der Waals surface area contributed by atoms with Crippen LogP contribution in [-0.2, 0) is 22.4 Å². The highest BCUT2D eigenvalue weighted by molar-refractivity contribution is 5.86. The molecular formula is C21H30O3. The lowest BCUT2D eigenvalue weighted by Crippen LogP contribution is -2.13. The van der Waals surface area contributed by atoms with Crippen molar-refractivity contribution in [2.24, 2.45) is 5.92 Å². The SMILES string of the molecule is C=C(C)C(=O)OCCc1cc(C2CCC(C)CC2)ccc1CCO. The maximum Gasteiger partial charge on any atom is 0.333 e. The third-order valence-corrected chi connectivity index (χ3v) is 5.05. The van der Waals surface area contributed by atoms with E-state index in [1.165, 1.54) is 36.8 Å². The topological polar surface area (TPSA) is 46.5 Å². The van der Waals surface area contributed by atoms with Gasteiger partial charge in [-0.15, -0.1) is 0 Å². The molecule has 0 spiro atoms. The lowest BCUT2D eigenvalue weighted by atomic mass is 9.78. The van der Waals surface area contributed by atoms with E-state index >= 15 is 0 Å². The van der Waals surface area contributed by atoms with Crippen LogP contribution in [0.15, 0.2) is 30.4 Å². The molecule has 132 valence electrons. The molecule has 1 N–H and O–H groups in total. The molecule has 0 amide bonds. The number of hydrogen-bond acceptors (Lipinski definition) is 3. The van der Waals surface area contributed by atoms with Crippen molar-refractivity contribution >= 4 is 5.97 Å². The van der Waals surface area contributed by atoms with Crippen molar-refractivity contribution in [2.45, 2.75) is 58.3 Å². The van der Waals surface area contributed by atoms with Gasteiger partial charge < -0.3 is 9.84 Å². The molecule has 2 rings (SSSR count). The molecule has 0 bridgehead atoms. The first-order valence-corrected chi connectivity index (χ1v) is 9.06. The zero-order valence-corrected chi connectivity index (χ0v) is 15.0. The fourth-order valence-corrected chi connectivity index (χ4v) is 3.47. The highest BCUT2D eigenvalue weighted by atomic mass is 16.5. The van der Waals surface area contributed by atoms with Crippen molar-refractivity contribution in [3.8, 4) is 0 Å². The maximum atomic E-state index is 11.5. The number of benzene rings is 1. The van der Waals surface area contributed by atoms with Gasteiger partial charge in [0.15, 0.2) is 0 Å². The average Bonchev–Trinajstić information content (AvgIpc) is 2.57. The smallest absolute Gasteiger partial charge is 0.333 e. The quantitative estimate of drug-likeness (QED) is 0.603. The lowest BCUT2D eigenvalue weighted by molar-refractivity contribution is -0.138. The first-order valence-electron chi connectivity index (χ1n) is 9.06. The van der Waals surface area contributed by atoms with Crippen molar-refractivity contribution in [3.63, 3.8) is 0 Å². The summed E-state index contributed by atoms with van der Waals surface area (Å²) in [6, 6.07) is 6.62. The molecule has 1 saturated carbocycles. The van der Waals surface area contributed by atoms with Gasteiger partial charge in [0.05, 0.1) is 6.61 Å². The molecule has 1 aliphatic carbocycles. The zero-order chi connectivity index (χ0) is 17.5. The summed E-state index contributed by atoms with van der Waals surface area (Å²) in [6.07, 6.45) is 6.44. The maximum absolute atomic E-state index is 11.5. The van der Waals surface area contributed by atoms with Crippen molar-refractivity contribution in [1.82, 2.24) is 0 Å². The number of hydrogen-bond donors (Lipinski definition) is 1. The minimum absolute atomic E-state index is 0.138. The normalized spacial score (nSPS) is 20.6. The summed E-state index contributed by atoms with van der Waals surface area (Å²) in [5.41, 5.74) is 4.16. The number of carbonyl (C=O) groups excluding carboxylic acids is 1. The van der Waals surface area contributed by atoms with Gasteiger partial charge >= 0.3 is 5.97 Å². The Balaban J connectivity index is 2.06. The minimum atomic E-state index is -0.337. The van der Waals surface area contributed by atoms with Crippen molar-refractivity contribution in [1.29, 1.82) is 0 Å². The van der Waals surface area contributed by atoms with Gasteiger partial charge in [-0.3, -0.25) is 0 Å². The molecule has 3 heteroatoms. The van der Waals surface area contributed by atoms with E-state index in [9.17, 15) is 9.90 Å². The van der Waals surface area contributed by atoms with E-state index in [-0.39, 0.29) is 12.6 Å². The number of carbonyl (C=O) groups is 1. The molecule has 0 radical (unpaired) electrons. The molecule has 1 aliphatic rings. The van der Waals surface area contributed by atoms with Gasteiger partial charge in [0, 0.05) is 18.6 Å². The van der Waals surface area contributed by atoms with Gasteiger partial charge in [0.25, 0.3) is 0 Å². The third kappa shape index (κ3) is 5.20. The number of rotatable bonds is 7. The van der Waals surface area contributed by atoms with Gasteiger partial charge in [-0.1, -0.05) is 44.5 Å². The zero-order valence-electron chi connectivity index (χ0n) is 15.0. The van der Waals surface area contributed by atoms with Crippen molar-refractivity contribution < 1.29 is 14.6 Å². The molecule has 0 aliphatic heterocycles. The number of esters is 1. The molecule has 0 atom stereocenters. The van der Waals surface area contributed by atoms with E-state index < -0.39 is 0 Å². The second kappa shape index (κ2) is 9.03. The van der Waals surface area contributed by atoms with Crippen LogP contribution in [0.1, 0.15) is 62.1 Å². The van der Waals surface area contributed by atoms with Crippen LogP contribution < -0.4 is 0 Å². The van der Waals surface area contributed by atoms with Crippen LogP contribution >= 0.6 is 0 Å². The number of ether oxygens (including phenoxy) is 1. The van der Waals surface area contributed by atoms with Crippen LogP contribution in [0.5, 0.6) is 0 Å². The van der Waals surface area contributed by atoms with Gasteiger partial charge in [-0.05, 0) is 54.7 Å². The lowest BCUT2D eigenvalue weighted by Gasteiger charge is -2.27. The first-order chi connectivity index (χ1) is 11.5. The second-order valence-electron chi connectivity index (χ2n) is 7.12. The Morgan fingerprint density at radius 1 is 1.21 bits per heavy atom. The van der Waals surface area contributed by atoms with E-state index in [2.05, 4.69) is 31.7 Å². The van der Waals surface area contributed by atoms with Gasteiger partial charge in [0.2, 0.25) is 0 Å². The Kier molecular flexibility index (Phi) is 7.04. The predicted molar refractivity (Wildman–Crippen MR) is 97.1 cm³/mol. The monoisotopic (exact) mass is 330 g/mol. The Hall–Kier alpha value is -1.61. The van der Waals surface area contributed by atoms with Crippen LogP contribution in [0.3, 0.4) is 0 Å². The molecule has 0 saturated heterocycles. The summed E-state index contributed by atoms with van der Waals surface area (Å²) >= 11 is 0. The van der Waals surface area contributed by atoms with E-state index in [1.54, 1.807) is 6.92 Å².